The Labute approximate surface area is 77.4 Å². The molecule has 0 amide bonds. The maximum Gasteiger partial charge on any atom is 0.234 e. The maximum absolute atomic E-state index is 3.70. The van der Waals surface area contributed by atoms with Crippen molar-refractivity contribution in [1.82, 2.24) is 4.90 Å². The summed E-state index contributed by atoms with van der Waals surface area (Å²) >= 11 is 3.70. The largest absolute Gasteiger partial charge is 0.329 e. The first-order chi connectivity index (χ1) is 5.16. The second kappa shape index (κ2) is 3.59. The summed E-state index contributed by atoms with van der Waals surface area (Å²) in [4.78, 5) is 2.20. The number of unbranched alkanes of at least 4 members (excludes halogenated alkanes) is 1. The average Bonchev–Trinajstić information content (AvgIpc) is 2.28. The topological polar surface area (TPSA) is 3.24 Å². The van der Waals surface area contributed by atoms with E-state index >= 15 is 0 Å². The first-order valence-electron chi connectivity index (χ1n) is 4.12. The van der Waals surface area contributed by atoms with Gasteiger partial charge in [0.15, 0.2) is 6.67 Å². The van der Waals surface area contributed by atoms with Gasteiger partial charge in [0, 0.05) is 7.05 Å². The maximum atomic E-state index is 3.70. The van der Waals surface area contributed by atoms with Gasteiger partial charge in [-0.3, -0.25) is 0 Å². The fraction of sp³-hybridized carbons (Fsp3) is 0.750. The minimum atomic E-state index is 0.900. The van der Waals surface area contributed by atoms with Crippen LogP contribution >= 0.6 is 16.1 Å². The molecule has 0 spiro atoms. The molecular weight excluding hydrogens is 204 g/mol. The van der Waals surface area contributed by atoms with Crippen LogP contribution in [0.15, 0.2) is 12.4 Å². The Morgan fingerprint density at radius 3 is 2.82 bits per heavy atom. The zero-order valence-corrected chi connectivity index (χ0v) is 8.84. The molecule has 0 aromatic rings. The molecule has 0 radical (unpaired) electrons. The van der Waals surface area contributed by atoms with Crippen molar-refractivity contribution in [3.8, 4) is 0 Å². The van der Waals surface area contributed by atoms with Crippen LogP contribution in [0.3, 0.4) is 0 Å². The Morgan fingerprint density at radius 2 is 2.36 bits per heavy atom. The molecule has 0 saturated carbocycles. The van der Waals surface area contributed by atoms with Crippen molar-refractivity contribution in [3.63, 3.8) is 0 Å². The van der Waals surface area contributed by atoms with Gasteiger partial charge in [0.05, 0.1) is 12.7 Å². The second-order valence-corrected chi connectivity index (χ2v) is 4.61. The van der Waals surface area contributed by atoms with Gasteiger partial charge in [0.25, 0.3) is 0 Å². The molecule has 0 aromatic heterocycles. The monoisotopic (exact) mass is 219 g/mol. The van der Waals surface area contributed by atoms with E-state index in [0.717, 1.165) is 10.2 Å². The van der Waals surface area contributed by atoms with Gasteiger partial charge >= 0.3 is 0 Å². The van der Waals surface area contributed by atoms with Crippen LogP contribution < -0.4 is 0 Å². The van der Waals surface area contributed by atoms with Crippen LogP contribution in [-0.2, 0) is 0 Å². The standard InChI is InChI=1S/C8H16BrN2/c1-3-4-6-11(9)7-5-10(2)8-11/h5,7H,3-4,6,8H2,1-2H3/q+1. The zero-order chi connectivity index (χ0) is 8.32. The number of hydrogen-bond acceptors (Lipinski definition) is 1. The number of rotatable bonds is 3. The van der Waals surface area contributed by atoms with E-state index in [1.807, 2.05) is 0 Å². The van der Waals surface area contributed by atoms with Gasteiger partial charge in [-0.15, -0.1) is 0 Å². The molecule has 1 rings (SSSR count). The second-order valence-electron chi connectivity index (χ2n) is 3.20. The minimum absolute atomic E-state index is 0.900. The van der Waals surface area contributed by atoms with Crippen LogP contribution in [0.5, 0.6) is 0 Å². The summed E-state index contributed by atoms with van der Waals surface area (Å²) in [5.74, 6) is 0. The molecule has 64 valence electrons. The normalized spacial score (nSPS) is 29.9. The van der Waals surface area contributed by atoms with Crippen molar-refractivity contribution < 1.29 is 3.51 Å². The smallest absolute Gasteiger partial charge is 0.234 e. The van der Waals surface area contributed by atoms with E-state index in [4.69, 9.17) is 0 Å². The molecule has 0 aliphatic carbocycles. The minimum Gasteiger partial charge on any atom is -0.329 e. The SMILES string of the molecule is CCCC[N+]1(Br)C=CN(C)C1. The zero-order valence-electron chi connectivity index (χ0n) is 7.26. The van der Waals surface area contributed by atoms with Crippen molar-refractivity contribution in [2.75, 3.05) is 20.3 Å². The molecular formula is C8H16BrN2+. The summed E-state index contributed by atoms with van der Waals surface area (Å²) in [5.41, 5.74) is 0. The van der Waals surface area contributed by atoms with E-state index in [1.54, 1.807) is 0 Å². The van der Waals surface area contributed by atoms with Gasteiger partial charge < -0.3 is 4.90 Å². The number of hydrogen-bond donors (Lipinski definition) is 0. The molecule has 3 heteroatoms. The number of quaternary nitrogens is 1. The Balaban J connectivity index is 2.37. The molecule has 0 fully saturated rings. The lowest BCUT2D eigenvalue weighted by Crippen LogP contribution is -2.34. The summed E-state index contributed by atoms with van der Waals surface area (Å²) in [5, 5.41) is 0. The molecule has 2 nitrogen and oxygen atoms in total. The molecule has 1 atom stereocenters. The molecule has 1 heterocycles. The summed E-state index contributed by atoms with van der Waals surface area (Å²) in [6, 6.07) is 0. The van der Waals surface area contributed by atoms with E-state index in [0.29, 0.717) is 0 Å². The third-order valence-electron chi connectivity index (χ3n) is 1.93. The molecule has 1 aliphatic rings. The van der Waals surface area contributed by atoms with Crippen molar-refractivity contribution in [2.24, 2.45) is 0 Å². The van der Waals surface area contributed by atoms with Crippen LogP contribution in [-0.4, -0.2) is 28.7 Å². The highest BCUT2D eigenvalue weighted by molar-refractivity contribution is 9.05. The Bertz CT molecular complexity index is 158. The Hall–Kier alpha value is -0.0200. The number of halogens is 1. The van der Waals surface area contributed by atoms with E-state index < -0.39 is 0 Å². The Kier molecular flexibility index (Phi) is 2.96. The van der Waals surface area contributed by atoms with E-state index in [1.165, 1.54) is 19.4 Å². The lowest BCUT2D eigenvalue weighted by Gasteiger charge is -2.22. The van der Waals surface area contributed by atoms with Gasteiger partial charge in [-0.1, -0.05) is 13.3 Å². The fourth-order valence-corrected chi connectivity index (χ4v) is 1.97. The van der Waals surface area contributed by atoms with E-state index in [9.17, 15) is 0 Å². The molecule has 0 aromatic carbocycles. The molecule has 0 N–H and O–H groups in total. The highest BCUT2D eigenvalue weighted by Crippen LogP contribution is 2.23. The van der Waals surface area contributed by atoms with Gasteiger partial charge in [0.2, 0.25) is 16.1 Å². The summed E-state index contributed by atoms with van der Waals surface area (Å²) in [6.07, 6.45) is 6.88. The third-order valence-corrected chi connectivity index (χ3v) is 2.75. The number of nitrogens with zero attached hydrogens (tertiary/aromatic N) is 2. The first kappa shape index (κ1) is 9.07. The quantitative estimate of drug-likeness (QED) is 0.659. The fourth-order valence-electron chi connectivity index (χ4n) is 1.26. The lowest BCUT2D eigenvalue weighted by atomic mass is 10.3. The lowest BCUT2D eigenvalue weighted by molar-refractivity contribution is -0.726. The highest BCUT2D eigenvalue weighted by atomic mass is 79.9. The van der Waals surface area contributed by atoms with Crippen molar-refractivity contribution >= 4 is 16.1 Å². The third kappa shape index (κ3) is 2.49. The van der Waals surface area contributed by atoms with Gasteiger partial charge in [0.1, 0.15) is 6.20 Å². The van der Waals surface area contributed by atoms with Crippen molar-refractivity contribution in [3.05, 3.63) is 12.4 Å². The van der Waals surface area contributed by atoms with Crippen molar-refractivity contribution in [1.29, 1.82) is 0 Å². The summed E-state index contributed by atoms with van der Waals surface area (Å²) in [6.45, 7) is 4.47. The van der Waals surface area contributed by atoms with Crippen LogP contribution in [0.1, 0.15) is 19.8 Å². The van der Waals surface area contributed by atoms with Crippen LogP contribution in [0.2, 0.25) is 0 Å². The predicted octanol–water partition coefficient (Wildman–Crippen LogP) is 2.29. The molecule has 1 unspecified atom stereocenters. The first-order valence-corrected chi connectivity index (χ1v) is 4.83. The summed E-state index contributed by atoms with van der Waals surface area (Å²) in [7, 11) is 2.10. The van der Waals surface area contributed by atoms with Crippen molar-refractivity contribution in [2.45, 2.75) is 19.8 Å². The van der Waals surface area contributed by atoms with Gasteiger partial charge in [-0.05, 0) is 6.42 Å². The molecule has 11 heavy (non-hydrogen) atoms. The van der Waals surface area contributed by atoms with Crippen LogP contribution in [0, 0.1) is 0 Å². The van der Waals surface area contributed by atoms with Gasteiger partial charge in [-0.2, -0.15) is 0 Å². The van der Waals surface area contributed by atoms with Gasteiger partial charge in [-0.25, -0.2) is 3.51 Å². The summed E-state index contributed by atoms with van der Waals surface area (Å²) < 4.78 is 0.900. The van der Waals surface area contributed by atoms with Crippen LogP contribution in [0.25, 0.3) is 0 Å². The molecule has 0 saturated heterocycles. The Morgan fingerprint density at radius 1 is 1.64 bits per heavy atom. The van der Waals surface area contributed by atoms with Crippen LogP contribution in [0.4, 0.5) is 0 Å². The average molecular weight is 220 g/mol. The molecule has 1 aliphatic heterocycles. The molecule has 0 bridgehead atoms. The van der Waals surface area contributed by atoms with E-state index in [-0.39, 0.29) is 0 Å². The van der Waals surface area contributed by atoms with E-state index in [2.05, 4.69) is 47.4 Å². The predicted molar refractivity (Wildman–Crippen MR) is 50.7 cm³/mol. The highest BCUT2D eigenvalue weighted by Gasteiger charge is 2.27.